The van der Waals surface area contributed by atoms with E-state index in [0.717, 1.165) is 46.7 Å². The molecule has 0 aromatic carbocycles. The van der Waals surface area contributed by atoms with E-state index in [1.807, 2.05) is 49.9 Å². The van der Waals surface area contributed by atoms with E-state index in [9.17, 15) is 0 Å². The molecular formula is C20H29N7+2. The minimum atomic E-state index is 0.366. The summed E-state index contributed by atoms with van der Waals surface area (Å²) in [5, 5.41) is 22.0. The van der Waals surface area contributed by atoms with Gasteiger partial charge >= 0.3 is 0 Å². The predicted octanol–water partition coefficient (Wildman–Crippen LogP) is -0.284. The van der Waals surface area contributed by atoms with Crippen LogP contribution in [0.2, 0.25) is 0 Å². The van der Waals surface area contributed by atoms with Gasteiger partial charge in [0.05, 0.1) is 18.4 Å². The SMILES string of the molecule is CCCC(C=N)=CC(N)=NC1=CC=C2NC=C(C(=C[NH2+]C)C(C)=[NH2+])C=C2N1. The van der Waals surface area contributed by atoms with Crippen molar-refractivity contribution in [2.24, 2.45) is 10.7 Å². The lowest BCUT2D eigenvalue weighted by molar-refractivity contribution is -0.556. The number of quaternary nitrogens is 1. The Kier molecular flexibility index (Phi) is 7.08. The topological polar surface area (TPSA) is 128 Å². The second-order valence-corrected chi connectivity index (χ2v) is 6.31. The third-order valence-electron chi connectivity index (χ3n) is 4.02. The normalized spacial score (nSPS) is 17.5. The number of dihydropyridines is 2. The number of amidine groups is 1. The zero-order valence-electron chi connectivity index (χ0n) is 16.1. The molecular weight excluding hydrogens is 338 g/mol. The van der Waals surface area contributed by atoms with Gasteiger partial charge in [-0.25, -0.2) is 4.99 Å². The molecule has 0 spiro atoms. The summed E-state index contributed by atoms with van der Waals surface area (Å²) < 4.78 is 0. The zero-order valence-corrected chi connectivity index (χ0v) is 16.1. The van der Waals surface area contributed by atoms with Gasteiger partial charge in [0.25, 0.3) is 0 Å². The van der Waals surface area contributed by atoms with Gasteiger partial charge in [-0.05, 0) is 36.3 Å². The van der Waals surface area contributed by atoms with Crippen molar-refractivity contribution in [1.82, 2.24) is 10.6 Å². The molecule has 0 aromatic rings. The first-order chi connectivity index (χ1) is 13.0. The summed E-state index contributed by atoms with van der Waals surface area (Å²) >= 11 is 0. The molecule has 0 aromatic heterocycles. The quantitative estimate of drug-likeness (QED) is 0.261. The van der Waals surface area contributed by atoms with Gasteiger partial charge in [-0.3, -0.25) is 5.41 Å². The number of nitrogens with one attached hydrogen (secondary N) is 3. The van der Waals surface area contributed by atoms with E-state index in [2.05, 4.69) is 22.5 Å². The van der Waals surface area contributed by atoms with E-state index in [0.29, 0.717) is 11.7 Å². The highest BCUT2D eigenvalue weighted by atomic mass is 15.1. The molecule has 7 nitrogen and oxygen atoms in total. The number of nitrogens with two attached hydrogens (primary N) is 3. The maximum atomic E-state index is 7.44. The Morgan fingerprint density at radius 2 is 2.15 bits per heavy atom. The van der Waals surface area contributed by atoms with Crippen LogP contribution in [0.15, 0.2) is 75.6 Å². The first-order valence-corrected chi connectivity index (χ1v) is 9.00. The molecule has 0 unspecified atom stereocenters. The standard InChI is InChI=1S/C20H27N7/c1-4-5-14(10-21)8-19(23)27-20-7-6-17-18(26-20)9-15(11-25-17)16(12-24-3)13(2)22/h6-12,21-22,24-26H,4-5H2,1-3H3,(H2,23,27)/p+2. The number of fused-ring (bicyclic) bond motifs is 1. The van der Waals surface area contributed by atoms with E-state index in [1.165, 1.54) is 6.21 Å². The van der Waals surface area contributed by atoms with Crippen molar-refractivity contribution in [3.63, 3.8) is 0 Å². The Hall–Kier alpha value is -3.19. The van der Waals surface area contributed by atoms with Crippen LogP contribution in [0.3, 0.4) is 0 Å². The first kappa shape index (κ1) is 20.1. The van der Waals surface area contributed by atoms with E-state index in [1.54, 1.807) is 6.08 Å². The van der Waals surface area contributed by atoms with Gasteiger partial charge in [-0.2, -0.15) is 0 Å². The number of aliphatic imine (C=N–C) groups is 1. The highest BCUT2D eigenvalue weighted by Gasteiger charge is 2.19. The lowest BCUT2D eigenvalue weighted by atomic mass is 9.99. The largest absolute Gasteiger partial charge is 0.384 e. The number of hydrogen-bond donors (Lipinski definition) is 6. The van der Waals surface area contributed by atoms with Crippen LogP contribution in [0.5, 0.6) is 0 Å². The minimum absolute atomic E-state index is 0.366. The van der Waals surface area contributed by atoms with Gasteiger partial charge in [-0.15, -0.1) is 0 Å². The monoisotopic (exact) mass is 367 g/mol. The number of nitrogens with zero attached hydrogens (tertiary/aromatic N) is 1. The molecule has 2 heterocycles. The van der Waals surface area contributed by atoms with Gasteiger partial charge in [0, 0.05) is 24.9 Å². The van der Waals surface area contributed by atoms with Crippen LogP contribution >= 0.6 is 0 Å². The van der Waals surface area contributed by atoms with Crippen molar-refractivity contribution in [1.29, 1.82) is 5.41 Å². The Morgan fingerprint density at radius 1 is 1.37 bits per heavy atom. The van der Waals surface area contributed by atoms with Crippen LogP contribution in [0, 0.1) is 5.41 Å². The van der Waals surface area contributed by atoms with Crippen molar-refractivity contribution in [3.8, 4) is 0 Å². The Labute approximate surface area is 160 Å². The van der Waals surface area contributed by atoms with Crippen molar-refractivity contribution in [3.05, 3.63) is 70.6 Å². The average molecular weight is 368 g/mol. The molecule has 0 amide bonds. The van der Waals surface area contributed by atoms with E-state index >= 15 is 0 Å². The maximum absolute atomic E-state index is 7.44. The molecule has 0 saturated carbocycles. The van der Waals surface area contributed by atoms with Gasteiger partial charge in [0.1, 0.15) is 23.4 Å². The third kappa shape index (κ3) is 5.39. The number of rotatable bonds is 8. The second-order valence-electron chi connectivity index (χ2n) is 6.31. The molecule has 0 bridgehead atoms. The molecule has 2 aliphatic rings. The first-order valence-electron chi connectivity index (χ1n) is 9.00. The fraction of sp³-hybridized carbons (Fsp3) is 0.250. The molecule has 142 valence electrons. The number of allylic oxidation sites excluding steroid dienone is 6. The van der Waals surface area contributed by atoms with E-state index in [-0.39, 0.29) is 0 Å². The molecule has 0 aliphatic carbocycles. The molecule has 9 N–H and O–H groups in total. The van der Waals surface area contributed by atoms with Crippen LogP contribution in [0.1, 0.15) is 26.7 Å². The van der Waals surface area contributed by atoms with E-state index < -0.39 is 0 Å². The van der Waals surface area contributed by atoms with Gasteiger partial charge in [0.2, 0.25) is 0 Å². The number of hydrogen-bond acceptors (Lipinski definition) is 4. The Bertz CT molecular complexity index is 832. The second kappa shape index (κ2) is 9.49. The molecule has 0 radical (unpaired) electrons. The highest BCUT2D eigenvalue weighted by Crippen LogP contribution is 2.22. The summed E-state index contributed by atoms with van der Waals surface area (Å²) in [6, 6.07) is 0. The zero-order chi connectivity index (χ0) is 19.8. The van der Waals surface area contributed by atoms with Gasteiger partial charge in [0.15, 0.2) is 5.71 Å². The van der Waals surface area contributed by atoms with E-state index in [4.69, 9.17) is 16.6 Å². The molecule has 0 fully saturated rings. The van der Waals surface area contributed by atoms with Crippen LogP contribution in [-0.2, 0) is 0 Å². The molecule has 27 heavy (non-hydrogen) atoms. The lowest BCUT2D eigenvalue weighted by Gasteiger charge is -2.23. The smallest absolute Gasteiger partial charge is 0.182 e. The summed E-state index contributed by atoms with van der Waals surface area (Å²) in [4.78, 5) is 4.42. The molecule has 2 rings (SSSR count). The van der Waals surface area contributed by atoms with Gasteiger partial charge in [-0.1, -0.05) is 13.3 Å². The van der Waals surface area contributed by atoms with Crippen molar-refractivity contribution in [2.45, 2.75) is 26.7 Å². The third-order valence-corrected chi connectivity index (χ3v) is 4.02. The van der Waals surface area contributed by atoms with Crippen molar-refractivity contribution >= 4 is 17.8 Å². The summed E-state index contributed by atoms with van der Waals surface area (Å²) in [5.41, 5.74) is 11.4. The predicted molar refractivity (Wildman–Crippen MR) is 111 cm³/mol. The summed E-state index contributed by atoms with van der Waals surface area (Å²) in [7, 11) is 1.96. The maximum Gasteiger partial charge on any atom is 0.182 e. The van der Waals surface area contributed by atoms with Crippen molar-refractivity contribution in [2.75, 3.05) is 7.05 Å². The van der Waals surface area contributed by atoms with Crippen LogP contribution in [0.4, 0.5) is 0 Å². The average Bonchev–Trinajstić information content (AvgIpc) is 2.64. The Morgan fingerprint density at radius 3 is 2.78 bits per heavy atom. The molecule has 7 heteroatoms. The minimum Gasteiger partial charge on any atom is -0.384 e. The highest BCUT2D eigenvalue weighted by molar-refractivity contribution is 5.98. The van der Waals surface area contributed by atoms with Crippen LogP contribution in [-0.4, -0.2) is 24.8 Å². The molecule has 0 saturated heterocycles. The van der Waals surface area contributed by atoms with Crippen LogP contribution < -0.4 is 27.1 Å². The van der Waals surface area contributed by atoms with Gasteiger partial charge < -0.3 is 27.1 Å². The summed E-state index contributed by atoms with van der Waals surface area (Å²) in [6.07, 6.45) is 14.6. The lowest BCUT2D eigenvalue weighted by Crippen LogP contribution is -2.73. The fourth-order valence-corrected chi connectivity index (χ4v) is 2.77. The van der Waals surface area contributed by atoms with Crippen LogP contribution in [0.25, 0.3) is 0 Å². The van der Waals surface area contributed by atoms with Crippen molar-refractivity contribution < 1.29 is 10.7 Å². The summed E-state index contributed by atoms with van der Waals surface area (Å²) in [5.74, 6) is 1.01. The molecule has 0 atom stereocenters. The summed E-state index contributed by atoms with van der Waals surface area (Å²) in [6.45, 7) is 3.95. The molecule has 2 aliphatic heterocycles. The Balaban J connectivity index is 2.23. The fourth-order valence-electron chi connectivity index (χ4n) is 2.77.